The largest absolute Gasteiger partial charge is 0.469 e. The zero-order chi connectivity index (χ0) is 27.8. The number of aliphatic hydroxyl groups is 1. The number of methoxy groups -OCH3 is 1. The van der Waals surface area contributed by atoms with Crippen molar-refractivity contribution in [3.05, 3.63) is 0 Å². The number of carbonyl (C=O) groups is 4. The third-order valence-electron chi connectivity index (χ3n) is 5.74. The van der Waals surface area contributed by atoms with Gasteiger partial charge in [-0.2, -0.15) is 0 Å². The monoisotopic (exact) mass is 516 g/mol. The van der Waals surface area contributed by atoms with Crippen LogP contribution in [0.3, 0.4) is 0 Å². The second-order valence-corrected chi connectivity index (χ2v) is 10.2. The number of hydrogen-bond acceptors (Lipinski definition) is 8. The first-order valence-corrected chi connectivity index (χ1v) is 12.7. The molecule has 0 aromatic rings. The molecule has 0 rings (SSSR count). The van der Waals surface area contributed by atoms with Crippen LogP contribution in [-0.4, -0.2) is 78.9 Å². The third-order valence-corrected chi connectivity index (χ3v) is 5.74. The predicted molar refractivity (Wildman–Crippen MR) is 137 cm³/mol. The van der Waals surface area contributed by atoms with E-state index in [2.05, 4.69) is 20.7 Å². The van der Waals surface area contributed by atoms with Gasteiger partial charge in [0.15, 0.2) is 0 Å². The summed E-state index contributed by atoms with van der Waals surface area (Å²) in [6.07, 6.45) is 3.52. The van der Waals surface area contributed by atoms with E-state index in [9.17, 15) is 19.2 Å². The lowest BCUT2D eigenvalue weighted by Gasteiger charge is -2.30. The summed E-state index contributed by atoms with van der Waals surface area (Å²) in [5.74, 6) is -1.93. The molecule has 0 radical (unpaired) electrons. The molecule has 0 aliphatic carbocycles. The number of hydrogen-bond donors (Lipinski definition) is 5. The average Bonchev–Trinajstić information content (AvgIpc) is 2.79. The molecule has 11 heteroatoms. The number of carbonyl (C=O) groups excluding carboxylic acids is 4. The number of esters is 1. The van der Waals surface area contributed by atoms with Crippen LogP contribution in [0, 0.1) is 0 Å². The summed E-state index contributed by atoms with van der Waals surface area (Å²) in [6, 6.07) is -1.90. The number of rotatable bonds is 19. The fourth-order valence-electron chi connectivity index (χ4n) is 3.61. The summed E-state index contributed by atoms with van der Waals surface area (Å²) in [7, 11) is 1.26. The Labute approximate surface area is 215 Å². The summed E-state index contributed by atoms with van der Waals surface area (Å²) in [4.78, 5) is 50.4. The van der Waals surface area contributed by atoms with Gasteiger partial charge >= 0.3 is 5.97 Å². The van der Waals surface area contributed by atoms with E-state index in [1.807, 2.05) is 20.8 Å². The van der Waals surface area contributed by atoms with E-state index in [0.717, 1.165) is 12.8 Å². The molecule has 11 nitrogen and oxygen atoms in total. The van der Waals surface area contributed by atoms with Crippen LogP contribution >= 0.6 is 0 Å². The highest BCUT2D eigenvalue weighted by Crippen LogP contribution is 2.14. The standard InChI is InChI=1S/C25H48N4O7/c1-7-13-24(2,3)29-23(34)19(11-12-21(32)35-6)28-22(33)18(10-8-9-15-26)27-20(31)17-36-25(4,5)14-16-30/h18-19,30H,7-17,26H2,1-6H3,(H,27,31)(H,28,33)(H,29,34)/t18-,19-/m0/s1. The van der Waals surface area contributed by atoms with Gasteiger partial charge in [0.25, 0.3) is 0 Å². The van der Waals surface area contributed by atoms with Crippen LogP contribution in [0.4, 0.5) is 0 Å². The second kappa shape index (κ2) is 17.3. The normalized spacial score (nSPS) is 13.4. The number of nitrogens with one attached hydrogen (secondary N) is 3. The Morgan fingerprint density at radius 3 is 2.14 bits per heavy atom. The molecule has 3 amide bonds. The Morgan fingerprint density at radius 1 is 0.944 bits per heavy atom. The molecule has 36 heavy (non-hydrogen) atoms. The van der Waals surface area contributed by atoms with Gasteiger partial charge in [-0.3, -0.25) is 19.2 Å². The Morgan fingerprint density at radius 2 is 1.58 bits per heavy atom. The van der Waals surface area contributed by atoms with Crippen LogP contribution in [-0.2, 0) is 28.7 Å². The molecule has 6 N–H and O–H groups in total. The molecule has 0 bridgehead atoms. The molecule has 0 spiro atoms. The van der Waals surface area contributed by atoms with Crippen LogP contribution in [0.25, 0.3) is 0 Å². The molecule has 0 aromatic heterocycles. The van der Waals surface area contributed by atoms with Gasteiger partial charge in [-0.1, -0.05) is 13.3 Å². The number of nitrogens with two attached hydrogens (primary N) is 1. The quantitative estimate of drug-likeness (QED) is 0.125. The fraction of sp³-hybridized carbons (Fsp3) is 0.840. The first-order chi connectivity index (χ1) is 16.8. The Kier molecular flexibility index (Phi) is 16.2. The van der Waals surface area contributed by atoms with Crippen molar-refractivity contribution in [1.29, 1.82) is 0 Å². The van der Waals surface area contributed by atoms with Crippen molar-refractivity contribution in [2.45, 2.75) is 109 Å². The Bertz CT molecular complexity index is 698. The van der Waals surface area contributed by atoms with E-state index in [0.29, 0.717) is 32.2 Å². The van der Waals surface area contributed by atoms with Crippen molar-refractivity contribution < 1.29 is 33.8 Å². The Balaban J connectivity index is 5.46. The van der Waals surface area contributed by atoms with Crippen molar-refractivity contribution in [2.75, 3.05) is 26.9 Å². The molecule has 0 aromatic carbocycles. The van der Waals surface area contributed by atoms with Gasteiger partial charge in [0, 0.05) is 18.6 Å². The minimum absolute atomic E-state index is 0.0500. The number of amides is 3. The second-order valence-electron chi connectivity index (χ2n) is 10.2. The molecule has 0 aliphatic heterocycles. The molecule has 0 aliphatic rings. The van der Waals surface area contributed by atoms with Crippen molar-refractivity contribution in [1.82, 2.24) is 16.0 Å². The van der Waals surface area contributed by atoms with Crippen molar-refractivity contribution >= 4 is 23.7 Å². The summed E-state index contributed by atoms with van der Waals surface area (Å²) in [5.41, 5.74) is 4.38. The maximum absolute atomic E-state index is 13.2. The van der Waals surface area contributed by atoms with Crippen LogP contribution in [0.1, 0.15) is 86.0 Å². The third kappa shape index (κ3) is 15.0. The molecule has 0 unspecified atom stereocenters. The highest BCUT2D eigenvalue weighted by molar-refractivity contribution is 5.92. The van der Waals surface area contributed by atoms with E-state index in [1.54, 1.807) is 13.8 Å². The van der Waals surface area contributed by atoms with Crippen molar-refractivity contribution in [3.63, 3.8) is 0 Å². The summed E-state index contributed by atoms with van der Waals surface area (Å²) in [5, 5.41) is 17.4. The van der Waals surface area contributed by atoms with Crippen molar-refractivity contribution in [2.24, 2.45) is 5.73 Å². The van der Waals surface area contributed by atoms with E-state index in [4.69, 9.17) is 15.6 Å². The smallest absolute Gasteiger partial charge is 0.305 e. The summed E-state index contributed by atoms with van der Waals surface area (Å²) in [6.45, 7) is 9.38. The van der Waals surface area contributed by atoms with E-state index < -0.39 is 46.9 Å². The van der Waals surface area contributed by atoms with Crippen LogP contribution in [0.5, 0.6) is 0 Å². The Hall–Kier alpha value is -2.24. The number of unbranched alkanes of at least 4 members (excludes halogenated alkanes) is 1. The van der Waals surface area contributed by atoms with Gasteiger partial charge in [-0.25, -0.2) is 0 Å². The van der Waals surface area contributed by atoms with Crippen LogP contribution in [0.2, 0.25) is 0 Å². The summed E-state index contributed by atoms with van der Waals surface area (Å²) >= 11 is 0. The van der Waals surface area contributed by atoms with Gasteiger partial charge in [0.2, 0.25) is 17.7 Å². The first-order valence-electron chi connectivity index (χ1n) is 12.7. The molecule has 0 fully saturated rings. The summed E-state index contributed by atoms with van der Waals surface area (Å²) < 4.78 is 10.3. The lowest BCUT2D eigenvalue weighted by Crippen LogP contribution is -2.57. The van der Waals surface area contributed by atoms with Gasteiger partial charge in [0.05, 0.1) is 12.7 Å². The SMILES string of the molecule is CCCC(C)(C)NC(=O)[C@H](CCC(=O)OC)NC(=O)[C@H](CCCCN)NC(=O)COC(C)(C)CCO. The molecular formula is C25H48N4O7. The predicted octanol–water partition coefficient (Wildman–Crippen LogP) is 0.911. The minimum Gasteiger partial charge on any atom is -0.469 e. The first kappa shape index (κ1) is 33.8. The molecule has 0 saturated carbocycles. The fourth-order valence-corrected chi connectivity index (χ4v) is 3.61. The van der Waals surface area contributed by atoms with Gasteiger partial charge in [-0.05, 0) is 72.8 Å². The van der Waals surface area contributed by atoms with Crippen molar-refractivity contribution in [3.8, 4) is 0 Å². The molecular weight excluding hydrogens is 468 g/mol. The highest BCUT2D eigenvalue weighted by atomic mass is 16.5. The zero-order valence-electron chi connectivity index (χ0n) is 22.9. The van der Waals surface area contributed by atoms with E-state index in [-0.39, 0.29) is 26.1 Å². The lowest BCUT2D eigenvalue weighted by molar-refractivity contribution is -0.141. The number of ether oxygens (including phenoxy) is 2. The molecule has 0 heterocycles. The topological polar surface area (TPSA) is 169 Å². The number of aliphatic hydroxyl groups excluding tert-OH is 1. The molecule has 2 atom stereocenters. The molecule has 210 valence electrons. The maximum atomic E-state index is 13.2. The average molecular weight is 517 g/mol. The van der Waals surface area contributed by atoms with Gasteiger partial charge < -0.3 is 36.3 Å². The zero-order valence-corrected chi connectivity index (χ0v) is 22.9. The van der Waals surface area contributed by atoms with Gasteiger partial charge in [0.1, 0.15) is 18.7 Å². The minimum atomic E-state index is -0.985. The van der Waals surface area contributed by atoms with Crippen LogP contribution in [0.15, 0.2) is 0 Å². The van der Waals surface area contributed by atoms with E-state index >= 15 is 0 Å². The maximum Gasteiger partial charge on any atom is 0.305 e. The van der Waals surface area contributed by atoms with Crippen LogP contribution < -0.4 is 21.7 Å². The highest BCUT2D eigenvalue weighted by Gasteiger charge is 2.30. The van der Waals surface area contributed by atoms with Gasteiger partial charge in [-0.15, -0.1) is 0 Å². The van der Waals surface area contributed by atoms with E-state index in [1.165, 1.54) is 7.11 Å². The lowest BCUT2D eigenvalue weighted by atomic mass is 9.97. The molecule has 0 saturated heterocycles.